The highest BCUT2D eigenvalue weighted by molar-refractivity contribution is 6.30. The molecule has 2 aromatic heterocycles. The van der Waals surface area contributed by atoms with Gasteiger partial charge in [-0.25, -0.2) is 4.98 Å². The quantitative estimate of drug-likeness (QED) is 0.491. The standard InChI is InChI=1S/C23H27ClN6O/c1-25-23(26-9-8-20-17-30-10-3-2-7-21(30)27-20)29-13-11-28(12-14-29)22(31)16-18-5-4-6-19(24)15-18/h2-7,10,15,17H,8-9,11-14,16H2,1H3,(H,25,26). The van der Waals surface area contributed by atoms with Crippen molar-refractivity contribution >= 4 is 29.1 Å². The molecular weight excluding hydrogens is 412 g/mol. The molecule has 0 atom stereocenters. The summed E-state index contributed by atoms with van der Waals surface area (Å²) in [5, 5.41) is 4.09. The second-order valence-corrected chi connectivity index (χ2v) is 8.03. The summed E-state index contributed by atoms with van der Waals surface area (Å²) in [6.07, 6.45) is 5.26. The summed E-state index contributed by atoms with van der Waals surface area (Å²) >= 11 is 6.03. The molecule has 0 radical (unpaired) electrons. The fourth-order valence-electron chi connectivity index (χ4n) is 3.84. The lowest BCUT2D eigenvalue weighted by atomic mass is 10.1. The van der Waals surface area contributed by atoms with Crippen LogP contribution >= 0.6 is 11.6 Å². The first-order valence-corrected chi connectivity index (χ1v) is 10.9. The van der Waals surface area contributed by atoms with Gasteiger partial charge in [0.15, 0.2) is 5.96 Å². The van der Waals surface area contributed by atoms with Gasteiger partial charge in [-0.1, -0.05) is 29.8 Å². The molecular formula is C23H27ClN6O. The van der Waals surface area contributed by atoms with E-state index in [-0.39, 0.29) is 5.91 Å². The molecule has 1 aliphatic heterocycles. The lowest BCUT2D eigenvalue weighted by molar-refractivity contribution is -0.131. The topological polar surface area (TPSA) is 65.2 Å². The number of hydrogen-bond donors (Lipinski definition) is 1. The summed E-state index contributed by atoms with van der Waals surface area (Å²) in [6.45, 7) is 3.65. The fraction of sp³-hybridized carbons (Fsp3) is 0.348. The number of nitrogens with one attached hydrogen (secondary N) is 1. The number of aromatic nitrogens is 2. The Morgan fingerprint density at radius 3 is 2.68 bits per heavy atom. The van der Waals surface area contributed by atoms with Gasteiger partial charge in [0.1, 0.15) is 5.65 Å². The third-order valence-corrected chi connectivity index (χ3v) is 5.70. The molecule has 4 rings (SSSR count). The number of benzene rings is 1. The minimum absolute atomic E-state index is 0.136. The smallest absolute Gasteiger partial charge is 0.227 e. The van der Waals surface area contributed by atoms with Crippen LogP contribution in [-0.2, 0) is 17.6 Å². The highest BCUT2D eigenvalue weighted by atomic mass is 35.5. The van der Waals surface area contributed by atoms with Crippen molar-refractivity contribution in [3.05, 3.63) is 71.1 Å². The van der Waals surface area contributed by atoms with Crippen LogP contribution in [0.5, 0.6) is 0 Å². The predicted molar refractivity (Wildman–Crippen MR) is 124 cm³/mol. The van der Waals surface area contributed by atoms with E-state index < -0.39 is 0 Å². The van der Waals surface area contributed by atoms with E-state index in [1.54, 1.807) is 7.05 Å². The van der Waals surface area contributed by atoms with Gasteiger partial charge in [-0.05, 0) is 29.8 Å². The number of aliphatic imine (C=N–C) groups is 1. The molecule has 0 saturated carbocycles. The lowest BCUT2D eigenvalue weighted by Crippen LogP contribution is -2.54. The van der Waals surface area contributed by atoms with Crippen LogP contribution in [0.2, 0.25) is 5.02 Å². The van der Waals surface area contributed by atoms with Crippen molar-refractivity contribution in [2.45, 2.75) is 12.8 Å². The molecule has 162 valence electrons. The Morgan fingerprint density at radius 1 is 1.13 bits per heavy atom. The van der Waals surface area contributed by atoms with Crippen molar-refractivity contribution < 1.29 is 4.79 Å². The zero-order chi connectivity index (χ0) is 21.6. The predicted octanol–water partition coefficient (Wildman–Crippen LogP) is 2.49. The van der Waals surface area contributed by atoms with Crippen molar-refractivity contribution in [3.63, 3.8) is 0 Å². The second-order valence-electron chi connectivity index (χ2n) is 7.60. The number of guanidine groups is 1. The van der Waals surface area contributed by atoms with Gasteiger partial charge in [0.2, 0.25) is 5.91 Å². The van der Waals surface area contributed by atoms with Crippen molar-refractivity contribution in [1.82, 2.24) is 24.5 Å². The van der Waals surface area contributed by atoms with Crippen LogP contribution in [0.3, 0.4) is 0 Å². The highest BCUT2D eigenvalue weighted by Crippen LogP contribution is 2.13. The summed E-state index contributed by atoms with van der Waals surface area (Å²) in [6, 6.07) is 13.5. The monoisotopic (exact) mass is 438 g/mol. The fourth-order valence-corrected chi connectivity index (χ4v) is 4.06. The second kappa shape index (κ2) is 9.83. The Labute approximate surface area is 187 Å². The molecule has 1 fully saturated rings. The molecule has 0 unspecified atom stereocenters. The van der Waals surface area contributed by atoms with Gasteiger partial charge < -0.3 is 19.5 Å². The maximum absolute atomic E-state index is 12.6. The van der Waals surface area contributed by atoms with Crippen LogP contribution in [0.4, 0.5) is 0 Å². The molecule has 1 N–H and O–H groups in total. The number of fused-ring (bicyclic) bond motifs is 1. The van der Waals surface area contributed by atoms with Gasteiger partial charge in [0.25, 0.3) is 0 Å². The molecule has 1 saturated heterocycles. The van der Waals surface area contributed by atoms with E-state index in [2.05, 4.69) is 26.4 Å². The summed E-state index contributed by atoms with van der Waals surface area (Å²) < 4.78 is 2.03. The molecule has 0 spiro atoms. The molecule has 1 amide bonds. The largest absolute Gasteiger partial charge is 0.356 e. The number of hydrogen-bond acceptors (Lipinski definition) is 3. The average molecular weight is 439 g/mol. The Hall–Kier alpha value is -3.06. The maximum atomic E-state index is 12.6. The van der Waals surface area contributed by atoms with Gasteiger partial charge in [-0.3, -0.25) is 9.79 Å². The molecule has 31 heavy (non-hydrogen) atoms. The number of imidazole rings is 1. The number of piperazine rings is 1. The van der Waals surface area contributed by atoms with E-state index in [1.807, 2.05) is 58.0 Å². The zero-order valence-corrected chi connectivity index (χ0v) is 18.4. The van der Waals surface area contributed by atoms with E-state index in [0.29, 0.717) is 24.5 Å². The Balaban J connectivity index is 1.24. The van der Waals surface area contributed by atoms with Crippen LogP contribution < -0.4 is 5.32 Å². The van der Waals surface area contributed by atoms with Crippen LogP contribution in [0.15, 0.2) is 59.9 Å². The van der Waals surface area contributed by atoms with Crippen molar-refractivity contribution in [3.8, 4) is 0 Å². The summed E-state index contributed by atoms with van der Waals surface area (Å²) in [7, 11) is 1.80. The summed E-state index contributed by atoms with van der Waals surface area (Å²) in [5.41, 5.74) is 2.95. The van der Waals surface area contributed by atoms with E-state index in [1.165, 1.54) is 0 Å². The molecule has 1 aromatic carbocycles. The van der Waals surface area contributed by atoms with Crippen molar-refractivity contribution in [2.75, 3.05) is 39.8 Å². The van der Waals surface area contributed by atoms with Crippen LogP contribution in [0.1, 0.15) is 11.3 Å². The van der Waals surface area contributed by atoms with Gasteiger partial charge in [-0.2, -0.15) is 0 Å². The van der Waals surface area contributed by atoms with Gasteiger partial charge in [0.05, 0.1) is 12.1 Å². The van der Waals surface area contributed by atoms with Gasteiger partial charge >= 0.3 is 0 Å². The number of pyridine rings is 1. The number of amides is 1. The minimum atomic E-state index is 0.136. The van der Waals surface area contributed by atoms with E-state index in [4.69, 9.17) is 11.6 Å². The Bertz CT molecular complexity index is 1040. The van der Waals surface area contributed by atoms with Crippen LogP contribution in [0.25, 0.3) is 5.65 Å². The van der Waals surface area contributed by atoms with Crippen LogP contribution in [0, 0.1) is 0 Å². The third-order valence-electron chi connectivity index (χ3n) is 5.47. The molecule has 0 bridgehead atoms. The zero-order valence-electron chi connectivity index (χ0n) is 17.7. The van der Waals surface area contributed by atoms with E-state index in [9.17, 15) is 4.79 Å². The van der Waals surface area contributed by atoms with Gasteiger partial charge in [-0.15, -0.1) is 0 Å². The average Bonchev–Trinajstić information content (AvgIpc) is 3.20. The number of halogens is 1. The normalized spacial score (nSPS) is 14.8. The molecule has 0 aliphatic carbocycles. The van der Waals surface area contributed by atoms with E-state index in [0.717, 1.165) is 48.9 Å². The molecule has 1 aliphatic rings. The molecule has 3 aromatic rings. The molecule has 7 nitrogen and oxygen atoms in total. The maximum Gasteiger partial charge on any atom is 0.227 e. The minimum Gasteiger partial charge on any atom is -0.356 e. The Morgan fingerprint density at radius 2 is 1.94 bits per heavy atom. The molecule has 3 heterocycles. The number of rotatable bonds is 5. The Kier molecular flexibility index (Phi) is 6.72. The van der Waals surface area contributed by atoms with Crippen molar-refractivity contribution in [2.24, 2.45) is 4.99 Å². The highest BCUT2D eigenvalue weighted by Gasteiger charge is 2.23. The van der Waals surface area contributed by atoms with Crippen molar-refractivity contribution in [1.29, 1.82) is 0 Å². The molecule has 8 heteroatoms. The third kappa shape index (κ3) is 5.35. The first-order chi connectivity index (χ1) is 15.1. The van der Waals surface area contributed by atoms with E-state index >= 15 is 0 Å². The SMILES string of the molecule is CN=C(NCCc1cn2ccccc2n1)N1CCN(C(=O)Cc2cccc(Cl)c2)CC1. The van der Waals surface area contributed by atoms with Gasteiger partial charge in [0, 0.05) is 63.6 Å². The first-order valence-electron chi connectivity index (χ1n) is 10.5. The summed E-state index contributed by atoms with van der Waals surface area (Å²) in [4.78, 5) is 25.8. The number of carbonyl (C=O) groups excluding carboxylic acids is 1. The first kappa shape index (κ1) is 21.2. The number of carbonyl (C=O) groups is 1. The summed E-state index contributed by atoms with van der Waals surface area (Å²) in [5.74, 6) is 1.00. The van der Waals surface area contributed by atoms with Crippen LogP contribution in [-0.4, -0.2) is 70.8 Å². The lowest BCUT2D eigenvalue weighted by Gasteiger charge is -2.36. The number of nitrogens with zero attached hydrogens (tertiary/aromatic N) is 5.